The molecule has 2 amide bonds. The van der Waals surface area contributed by atoms with Gasteiger partial charge >= 0.3 is 0 Å². The number of benzene rings is 3. The molecule has 8 nitrogen and oxygen atoms in total. The molecule has 2 atom stereocenters. The highest BCUT2D eigenvalue weighted by Crippen LogP contribution is 2.25. The highest BCUT2D eigenvalue weighted by Gasteiger charge is 2.33. The smallest absolute Gasteiger partial charge is 0.264 e. The second-order valence-electron chi connectivity index (χ2n) is 9.77. The maximum atomic E-state index is 14.1. The summed E-state index contributed by atoms with van der Waals surface area (Å²) in [4.78, 5) is 29.0. The molecule has 0 fully saturated rings. The van der Waals surface area contributed by atoms with Crippen LogP contribution >= 0.6 is 0 Å². The largest absolute Gasteiger partial charge is 0.497 e. The molecule has 0 aliphatic heterocycles. The minimum atomic E-state index is -4.08. The number of aryl methyl sites for hydroxylation is 1. The third kappa shape index (κ3) is 7.63. The Kier molecular flexibility index (Phi) is 10.7. The number of carbonyl (C=O) groups is 2. The molecule has 0 radical (unpaired) electrons. The molecule has 0 aromatic heterocycles. The van der Waals surface area contributed by atoms with Crippen LogP contribution in [0, 0.1) is 6.92 Å². The van der Waals surface area contributed by atoms with Gasteiger partial charge in [-0.2, -0.15) is 0 Å². The number of nitrogens with zero attached hydrogens (tertiary/aromatic N) is 2. The van der Waals surface area contributed by atoms with Gasteiger partial charge in [0.25, 0.3) is 10.0 Å². The summed E-state index contributed by atoms with van der Waals surface area (Å²) in [5.41, 5.74) is 2.11. The van der Waals surface area contributed by atoms with Crippen LogP contribution in [0.2, 0.25) is 0 Å². The van der Waals surface area contributed by atoms with Crippen LogP contribution in [0.3, 0.4) is 0 Å². The normalized spacial score (nSPS) is 12.7. The predicted octanol–water partition coefficient (Wildman–Crippen LogP) is 4.92. The zero-order valence-corrected chi connectivity index (χ0v) is 24.6. The summed E-state index contributed by atoms with van der Waals surface area (Å²) in [6, 6.07) is 21.4. The molecule has 0 aliphatic rings. The minimum Gasteiger partial charge on any atom is -0.497 e. The molecule has 0 saturated heterocycles. The van der Waals surface area contributed by atoms with Crippen molar-refractivity contribution in [3.05, 3.63) is 90.0 Å². The first kappa shape index (κ1) is 30.7. The fraction of sp³-hybridized carbons (Fsp3) is 0.355. The Balaban J connectivity index is 2.03. The van der Waals surface area contributed by atoms with Crippen molar-refractivity contribution in [1.82, 2.24) is 10.2 Å². The van der Waals surface area contributed by atoms with E-state index in [0.29, 0.717) is 17.9 Å². The number of carbonyl (C=O) groups excluding carboxylic acids is 2. The third-order valence-electron chi connectivity index (χ3n) is 6.83. The van der Waals surface area contributed by atoms with Crippen LogP contribution in [0.4, 0.5) is 5.69 Å². The Bertz CT molecular complexity index is 1360. The molecule has 3 aromatic carbocycles. The Hall–Kier alpha value is -3.85. The van der Waals surface area contributed by atoms with Crippen LogP contribution in [0.15, 0.2) is 83.8 Å². The maximum Gasteiger partial charge on any atom is 0.264 e. The molecule has 0 spiro atoms. The first-order valence-corrected chi connectivity index (χ1v) is 14.9. The minimum absolute atomic E-state index is 0.0676. The van der Waals surface area contributed by atoms with E-state index in [0.717, 1.165) is 21.9 Å². The molecule has 3 rings (SSSR count). The van der Waals surface area contributed by atoms with Crippen LogP contribution in [0.25, 0.3) is 0 Å². The first-order chi connectivity index (χ1) is 19.1. The standard InChI is InChI=1S/C31H39N3O5S/c1-6-24(4)32-31(36)29(7-2)33(21-25-15-19-27(39-5)20-16-25)30(35)22-34(26-17-13-23(3)14-18-26)40(37,38)28-11-9-8-10-12-28/h8-20,24,29H,6-7,21-22H2,1-5H3,(H,32,36)/t24-,29+/m1/s1. The number of rotatable bonds is 13. The lowest BCUT2D eigenvalue weighted by molar-refractivity contribution is -0.140. The average Bonchev–Trinajstić information content (AvgIpc) is 2.96. The second kappa shape index (κ2) is 14.0. The summed E-state index contributed by atoms with van der Waals surface area (Å²) in [5, 5.41) is 2.98. The van der Waals surface area contributed by atoms with Crippen LogP contribution in [0.5, 0.6) is 5.75 Å². The molecule has 0 aliphatic carbocycles. The van der Waals surface area contributed by atoms with E-state index in [9.17, 15) is 18.0 Å². The Morgan fingerprint density at radius 1 is 0.900 bits per heavy atom. The van der Waals surface area contributed by atoms with Crippen molar-refractivity contribution >= 4 is 27.5 Å². The average molecular weight is 566 g/mol. The number of ether oxygens (including phenoxy) is 1. The van der Waals surface area contributed by atoms with Gasteiger partial charge in [0.15, 0.2) is 0 Å². The van der Waals surface area contributed by atoms with Gasteiger partial charge in [-0.15, -0.1) is 0 Å². The molecule has 3 aromatic rings. The summed E-state index contributed by atoms with van der Waals surface area (Å²) < 4.78 is 34.0. The van der Waals surface area contributed by atoms with Crippen molar-refractivity contribution in [2.75, 3.05) is 18.0 Å². The molecule has 0 saturated carbocycles. The van der Waals surface area contributed by atoms with Crippen molar-refractivity contribution in [2.45, 2.75) is 64.1 Å². The molecule has 0 unspecified atom stereocenters. The molecule has 214 valence electrons. The Morgan fingerprint density at radius 3 is 2.08 bits per heavy atom. The number of anilines is 1. The highest BCUT2D eigenvalue weighted by atomic mass is 32.2. The first-order valence-electron chi connectivity index (χ1n) is 13.5. The molecule has 0 heterocycles. The molecule has 40 heavy (non-hydrogen) atoms. The number of nitrogens with one attached hydrogen (secondary N) is 1. The molecule has 1 N–H and O–H groups in total. The van der Waals surface area contributed by atoms with E-state index >= 15 is 0 Å². The fourth-order valence-electron chi connectivity index (χ4n) is 4.25. The monoisotopic (exact) mass is 565 g/mol. The lowest BCUT2D eigenvalue weighted by Crippen LogP contribution is -2.53. The molecule has 9 heteroatoms. The van der Waals surface area contributed by atoms with Crippen molar-refractivity contribution in [3.8, 4) is 5.75 Å². The van der Waals surface area contributed by atoms with Crippen molar-refractivity contribution in [3.63, 3.8) is 0 Å². The lowest BCUT2D eigenvalue weighted by Gasteiger charge is -2.33. The van der Waals surface area contributed by atoms with Gasteiger partial charge in [-0.1, -0.05) is 61.9 Å². The van der Waals surface area contributed by atoms with E-state index < -0.39 is 28.5 Å². The zero-order valence-electron chi connectivity index (χ0n) is 23.8. The number of hydrogen-bond acceptors (Lipinski definition) is 5. The molecular weight excluding hydrogens is 526 g/mol. The van der Waals surface area contributed by atoms with E-state index in [1.54, 1.807) is 61.7 Å². The predicted molar refractivity (Wildman–Crippen MR) is 158 cm³/mol. The van der Waals surface area contributed by atoms with E-state index in [1.807, 2.05) is 39.8 Å². The van der Waals surface area contributed by atoms with Crippen LogP contribution < -0.4 is 14.4 Å². The zero-order chi connectivity index (χ0) is 29.3. The van der Waals surface area contributed by atoms with Gasteiger partial charge < -0.3 is 15.0 Å². The van der Waals surface area contributed by atoms with Gasteiger partial charge in [0, 0.05) is 12.6 Å². The summed E-state index contributed by atoms with van der Waals surface area (Å²) in [7, 11) is -2.51. The SMILES string of the molecule is CC[C@@H](C)NC(=O)[C@H](CC)N(Cc1ccc(OC)cc1)C(=O)CN(c1ccc(C)cc1)S(=O)(=O)c1ccccc1. The quantitative estimate of drug-likeness (QED) is 0.317. The number of sulfonamides is 1. The van der Waals surface area contributed by atoms with Crippen LogP contribution in [0.1, 0.15) is 44.7 Å². The second-order valence-corrected chi connectivity index (χ2v) is 11.6. The van der Waals surface area contributed by atoms with Crippen LogP contribution in [-0.2, 0) is 26.2 Å². The maximum absolute atomic E-state index is 14.1. The van der Waals surface area contributed by atoms with Crippen LogP contribution in [-0.4, -0.2) is 50.9 Å². The Morgan fingerprint density at radius 2 is 1.52 bits per heavy atom. The van der Waals surface area contributed by atoms with E-state index in [4.69, 9.17) is 4.74 Å². The van der Waals surface area contributed by atoms with Gasteiger partial charge in [0.2, 0.25) is 11.8 Å². The number of amides is 2. The van der Waals surface area contributed by atoms with Crippen molar-refractivity contribution in [1.29, 1.82) is 0 Å². The van der Waals surface area contributed by atoms with Crippen molar-refractivity contribution < 1.29 is 22.7 Å². The summed E-state index contributed by atoms with van der Waals surface area (Å²) >= 11 is 0. The highest BCUT2D eigenvalue weighted by molar-refractivity contribution is 7.92. The molecule has 0 bridgehead atoms. The van der Waals surface area contributed by atoms with Gasteiger partial charge in [0.1, 0.15) is 18.3 Å². The van der Waals surface area contributed by atoms with E-state index in [-0.39, 0.29) is 23.4 Å². The van der Waals surface area contributed by atoms with E-state index in [2.05, 4.69) is 5.32 Å². The topological polar surface area (TPSA) is 96.0 Å². The summed E-state index contributed by atoms with van der Waals surface area (Å²) in [6.07, 6.45) is 1.10. The Labute approximate surface area is 238 Å². The summed E-state index contributed by atoms with van der Waals surface area (Å²) in [6.45, 7) is 7.29. The lowest BCUT2D eigenvalue weighted by atomic mass is 10.1. The van der Waals surface area contributed by atoms with Gasteiger partial charge in [0.05, 0.1) is 17.7 Å². The van der Waals surface area contributed by atoms with E-state index in [1.165, 1.54) is 17.0 Å². The van der Waals surface area contributed by atoms with Gasteiger partial charge in [-0.25, -0.2) is 8.42 Å². The van der Waals surface area contributed by atoms with Crippen molar-refractivity contribution in [2.24, 2.45) is 0 Å². The molecular formula is C31H39N3O5S. The van der Waals surface area contributed by atoms with Gasteiger partial charge in [-0.05, 0) is 68.7 Å². The summed E-state index contributed by atoms with van der Waals surface area (Å²) in [5.74, 6) is -0.0868. The van der Waals surface area contributed by atoms with Gasteiger partial charge in [-0.3, -0.25) is 13.9 Å². The number of methoxy groups -OCH3 is 1. The number of hydrogen-bond donors (Lipinski definition) is 1. The fourth-order valence-corrected chi connectivity index (χ4v) is 5.68. The third-order valence-corrected chi connectivity index (χ3v) is 8.62.